The number of thiophene rings is 1. The fourth-order valence-corrected chi connectivity index (χ4v) is 5.50. The van der Waals surface area contributed by atoms with Gasteiger partial charge in [-0.25, -0.2) is 4.79 Å². The summed E-state index contributed by atoms with van der Waals surface area (Å²) in [6.45, 7) is 12.2. The molecule has 0 aliphatic carbocycles. The molecule has 1 aromatic rings. The van der Waals surface area contributed by atoms with Crippen molar-refractivity contribution in [1.82, 2.24) is 14.7 Å². The van der Waals surface area contributed by atoms with Gasteiger partial charge in [0.1, 0.15) is 6.10 Å². The number of carbonyl (C=O) groups is 1. The third kappa shape index (κ3) is 4.81. The number of urea groups is 1. The van der Waals surface area contributed by atoms with Crippen LogP contribution < -0.4 is 4.74 Å². The van der Waals surface area contributed by atoms with Crippen LogP contribution in [0.25, 0.3) is 0 Å². The van der Waals surface area contributed by atoms with Gasteiger partial charge in [0.05, 0.1) is 19.8 Å². The van der Waals surface area contributed by atoms with Crippen LogP contribution in [0.2, 0.25) is 0 Å². The Bertz CT molecular complexity index is 664. The summed E-state index contributed by atoms with van der Waals surface area (Å²) in [6, 6.07) is 2.37. The van der Waals surface area contributed by atoms with Crippen molar-refractivity contribution in [3.8, 4) is 5.06 Å². The molecule has 0 spiro atoms. The second-order valence-electron chi connectivity index (χ2n) is 8.58. The quantitative estimate of drug-likeness (QED) is 0.770. The predicted octanol–water partition coefficient (Wildman–Crippen LogP) is 3.06. The van der Waals surface area contributed by atoms with Crippen molar-refractivity contribution < 1.29 is 14.3 Å². The minimum atomic E-state index is 0.155. The monoisotopic (exact) mass is 407 g/mol. The Morgan fingerprint density at radius 2 is 1.93 bits per heavy atom. The molecule has 3 aliphatic heterocycles. The van der Waals surface area contributed by atoms with Gasteiger partial charge in [-0.3, -0.25) is 0 Å². The van der Waals surface area contributed by atoms with E-state index in [4.69, 9.17) is 9.47 Å². The van der Waals surface area contributed by atoms with Gasteiger partial charge in [-0.15, -0.1) is 11.3 Å². The van der Waals surface area contributed by atoms with E-state index < -0.39 is 0 Å². The summed E-state index contributed by atoms with van der Waals surface area (Å²) >= 11 is 1.74. The summed E-state index contributed by atoms with van der Waals surface area (Å²) in [5, 5.41) is 1.04. The topological polar surface area (TPSA) is 45.2 Å². The highest BCUT2D eigenvalue weighted by Crippen LogP contribution is 2.35. The lowest BCUT2D eigenvalue weighted by atomic mass is 10.1. The molecular formula is C21H33N3O3S. The standard InChI is InChI=1S/C21H33N3O3S/c1-16(2)14-22-6-4-18(5-7-22)27-20-13-17-3-8-24(15-19(17)28-20)21(25)23-9-11-26-12-10-23/h13,16,18H,3-12,14-15H2,1-2H3. The van der Waals surface area contributed by atoms with E-state index in [9.17, 15) is 4.79 Å². The van der Waals surface area contributed by atoms with E-state index in [0.717, 1.165) is 49.9 Å². The van der Waals surface area contributed by atoms with Gasteiger partial charge in [-0.1, -0.05) is 13.8 Å². The average Bonchev–Trinajstić information content (AvgIpc) is 3.10. The second-order valence-corrected chi connectivity index (χ2v) is 9.68. The number of ether oxygens (including phenoxy) is 2. The lowest BCUT2D eigenvalue weighted by Gasteiger charge is -2.34. The van der Waals surface area contributed by atoms with Crippen molar-refractivity contribution in [2.24, 2.45) is 5.92 Å². The SMILES string of the molecule is CC(C)CN1CCC(Oc2cc3c(s2)CN(C(=O)N2CCOCC2)CC3)CC1. The average molecular weight is 408 g/mol. The van der Waals surface area contributed by atoms with Gasteiger partial charge in [0.25, 0.3) is 0 Å². The minimum Gasteiger partial charge on any atom is -0.481 e. The second kappa shape index (κ2) is 9.01. The molecule has 4 rings (SSSR count). The number of hydrogen-bond acceptors (Lipinski definition) is 5. The van der Waals surface area contributed by atoms with Crippen LogP contribution in [0.1, 0.15) is 37.1 Å². The zero-order valence-corrected chi connectivity index (χ0v) is 18.0. The van der Waals surface area contributed by atoms with E-state index in [-0.39, 0.29) is 6.03 Å². The summed E-state index contributed by atoms with van der Waals surface area (Å²) in [6.07, 6.45) is 3.47. The molecule has 7 heteroatoms. The van der Waals surface area contributed by atoms with E-state index in [0.29, 0.717) is 39.0 Å². The number of rotatable bonds is 4. The Labute approximate surface area is 172 Å². The van der Waals surface area contributed by atoms with Gasteiger partial charge in [0.2, 0.25) is 0 Å². The molecule has 0 atom stereocenters. The minimum absolute atomic E-state index is 0.155. The van der Waals surface area contributed by atoms with Crippen molar-refractivity contribution in [2.45, 2.75) is 45.8 Å². The molecule has 0 bridgehead atoms. The van der Waals surface area contributed by atoms with Crippen molar-refractivity contribution in [3.63, 3.8) is 0 Å². The van der Waals surface area contributed by atoms with E-state index in [1.54, 1.807) is 11.3 Å². The van der Waals surface area contributed by atoms with E-state index in [1.807, 2.05) is 9.80 Å². The van der Waals surface area contributed by atoms with Crippen molar-refractivity contribution >= 4 is 17.4 Å². The first-order valence-electron chi connectivity index (χ1n) is 10.7. The maximum atomic E-state index is 12.8. The summed E-state index contributed by atoms with van der Waals surface area (Å²) in [4.78, 5) is 20.5. The largest absolute Gasteiger partial charge is 0.481 e. The zero-order valence-electron chi connectivity index (χ0n) is 17.2. The van der Waals surface area contributed by atoms with Crippen LogP contribution in [-0.4, -0.2) is 79.3 Å². The molecule has 3 aliphatic rings. The molecule has 0 saturated carbocycles. The van der Waals surface area contributed by atoms with Gasteiger partial charge < -0.3 is 24.2 Å². The molecule has 0 radical (unpaired) electrons. The summed E-state index contributed by atoms with van der Waals surface area (Å²) < 4.78 is 11.7. The van der Waals surface area contributed by atoms with Crippen LogP contribution in [-0.2, 0) is 17.7 Å². The highest BCUT2D eigenvalue weighted by Gasteiger charge is 2.28. The van der Waals surface area contributed by atoms with Gasteiger partial charge >= 0.3 is 6.03 Å². The summed E-state index contributed by atoms with van der Waals surface area (Å²) in [5.41, 5.74) is 1.36. The number of likely N-dealkylation sites (tertiary alicyclic amines) is 1. The normalized spacial score (nSPS) is 21.8. The maximum absolute atomic E-state index is 12.8. The molecule has 2 fully saturated rings. The fourth-order valence-electron chi connectivity index (χ4n) is 4.36. The van der Waals surface area contributed by atoms with Crippen LogP contribution in [0.4, 0.5) is 4.79 Å². The van der Waals surface area contributed by atoms with Gasteiger partial charge in [-0.2, -0.15) is 0 Å². The highest BCUT2D eigenvalue weighted by molar-refractivity contribution is 7.14. The van der Waals surface area contributed by atoms with Gasteiger partial charge in [0.15, 0.2) is 5.06 Å². The lowest BCUT2D eigenvalue weighted by Crippen LogP contribution is -2.49. The Hall–Kier alpha value is -1.31. The van der Waals surface area contributed by atoms with Gasteiger partial charge in [0, 0.05) is 44.1 Å². The lowest BCUT2D eigenvalue weighted by molar-refractivity contribution is 0.0423. The Morgan fingerprint density at radius 1 is 1.18 bits per heavy atom. The number of morpholine rings is 1. The zero-order chi connectivity index (χ0) is 19.5. The van der Waals surface area contributed by atoms with E-state index in [2.05, 4.69) is 24.8 Å². The molecule has 156 valence electrons. The van der Waals surface area contributed by atoms with Crippen molar-refractivity contribution in [2.75, 3.05) is 52.5 Å². The van der Waals surface area contributed by atoms with Crippen LogP contribution in [0.5, 0.6) is 5.06 Å². The molecule has 2 amide bonds. The maximum Gasteiger partial charge on any atom is 0.320 e. The van der Waals surface area contributed by atoms with Crippen LogP contribution in [0, 0.1) is 5.92 Å². The predicted molar refractivity (Wildman–Crippen MR) is 111 cm³/mol. The molecule has 28 heavy (non-hydrogen) atoms. The Kier molecular flexibility index (Phi) is 6.43. The molecule has 6 nitrogen and oxygen atoms in total. The Balaban J connectivity index is 1.30. The number of hydrogen-bond donors (Lipinski definition) is 0. The highest BCUT2D eigenvalue weighted by atomic mass is 32.1. The first-order valence-corrected chi connectivity index (χ1v) is 11.5. The number of piperidine rings is 1. The molecule has 0 N–H and O–H groups in total. The molecule has 1 aromatic heterocycles. The third-order valence-electron chi connectivity index (χ3n) is 5.85. The molecule has 2 saturated heterocycles. The smallest absolute Gasteiger partial charge is 0.320 e. The van der Waals surface area contributed by atoms with Crippen molar-refractivity contribution in [3.05, 3.63) is 16.5 Å². The van der Waals surface area contributed by atoms with E-state index in [1.165, 1.54) is 17.0 Å². The molecule has 0 unspecified atom stereocenters. The number of nitrogens with zero attached hydrogens (tertiary/aromatic N) is 3. The number of carbonyl (C=O) groups excluding carboxylic acids is 1. The van der Waals surface area contributed by atoms with Crippen LogP contribution in [0.15, 0.2) is 6.07 Å². The number of amides is 2. The fraction of sp³-hybridized carbons (Fsp3) is 0.762. The Morgan fingerprint density at radius 3 is 2.64 bits per heavy atom. The van der Waals surface area contributed by atoms with Crippen LogP contribution in [0.3, 0.4) is 0 Å². The summed E-state index contributed by atoms with van der Waals surface area (Å²) in [5.74, 6) is 0.726. The summed E-state index contributed by atoms with van der Waals surface area (Å²) in [7, 11) is 0. The number of fused-ring (bicyclic) bond motifs is 1. The van der Waals surface area contributed by atoms with Gasteiger partial charge in [-0.05, 0) is 36.8 Å². The molecular weight excluding hydrogens is 374 g/mol. The first-order chi connectivity index (χ1) is 13.6. The van der Waals surface area contributed by atoms with E-state index >= 15 is 0 Å². The molecule has 0 aromatic carbocycles. The third-order valence-corrected chi connectivity index (χ3v) is 6.91. The first kappa shape index (κ1) is 20.0. The van der Waals surface area contributed by atoms with Crippen LogP contribution >= 0.6 is 11.3 Å². The molecule has 4 heterocycles. The van der Waals surface area contributed by atoms with Crippen molar-refractivity contribution in [1.29, 1.82) is 0 Å².